The highest BCUT2D eigenvalue weighted by Crippen LogP contribution is 2.26. The highest BCUT2D eigenvalue weighted by molar-refractivity contribution is 9.10. The molecular formula is C11H15BrN2O4. The van der Waals surface area contributed by atoms with Gasteiger partial charge in [-0.1, -0.05) is 29.8 Å². The lowest BCUT2D eigenvalue weighted by Gasteiger charge is -2.41. The molecule has 4 amide bonds. The van der Waals surface area contributed by atoms with E-state index < -0.39 is 34.6 Å². The van der Waals surface area contributed by atoms with E-state index in [2.05, 4.69) is 15.9 Å². The fourth-order valence-electron chi connectivity index (χ4n) is 1.98. The smallest absolute Gasteiger partial charge is 0.264 e. The van der Waals surface area contributed by atoms with Crippen LogP contribution in [0.4, 0.5) is 0 Å². The molecule has 0 aromatic rings. The average Bonchev–Trinajstić information content (AvgIpc) is 2.21. The number of alkyl halides is 1. The van der Waals surface area contributed by atoms with Gasteiger partial charge in [-0.3, -0.25) is 29.0 Å². The molecule has 0 aliphatic carbocycles. The summed E-state index contributed by atoms with van der Waals surface area (Å²) < 4.78 is 0. The number of nitrogens with zero attached hydrogens (tertiary/aromatic N) is 2. The van der Waals surface area contributed by atoms with E-state index in [1.165, 1.54) is 13.8 Å². The Kier molecular flexibility index (Phi) is 4.26. The van der Waals surface area contributed by atoms with Crippen molar-refractivity contribution in [2.45, 2.75) is 38.7 Å². The monoisotopic (exact) mass is 318 g/mol. The van der Waals surface area contributed by atoms with Gasteiger partial charge >= 0.3 is 0 Å². The summed E-state index contributed by atoms with van der Waals surface area (Å²) in [5.41, 5.74) is 0. The van der Waals surface area contributed by atoms with Crippen molar-refractivity contribution in [3.05, 3.63) is 0 Å². The van der Waals surface area contributed by atoms with Crippen molar-refractivity contribution >= 4 is 39.6 Å². The van der Waals surface area contributed by atoms with Gasteiger partial charge in [0.1, 0.15) is 6.04 Å². The van der Waals surface area contributed by atoms with Crippen LogP contribution < -0.4 is 0 Å². The molecule has 1 fully saturated rings. The Labute approximate surface area is 113 Å². The van der Waals surface area contributed by atoms with E-state index in [4.69, 9.17) is 0 Å². The normalized spacial score (nSPS) is 24.8. The summed E-state index contributed by atoms with van der Waals surface area (Å²) in [5, 5.41) is 0. The van der Waals surface area contributed by atoms with Gasteiger partial charge in [-0.05, 0) is 5.92 Å². The van der Waals surface area contributed by atoms with Crippen LogP contribution in [0.5, 0.6) is 0 Å². The number of piperazine rings is 1. The van der Waals surface area contributed by atoms with E-state index in [1.54, 1.807) is 13.8 Å². The first-order valence-electron chi connectivity index (χ1n) is 5.51. The molecule has 1 aliphatic heterocycles. The van der Waals surface area contributed by atoms with E-state index >= 15 is 0 Å². The Hall–Kier alpha value is -1.24. The largest absolute Gasteiger partial charge is 0.275 e. The Morgan fingerprint density at radius 2 is 1.50 bits per heavy atom. The number of amides is 4. The molecule has 0 saturated carbocycles. The predicted molar refractivity (Wildman–Crippen MR) is 66.4 cm³/mol. The van der Waals surface area contributed by atoms with Crippen LogP contribution in [0, 0.1) is 5.92 Å². The van der Waals surface area contributed by atoms with E-state index in [1.807, 2.05) is 0 Å². The molecule has 0 radical (unpaired) electrons. The first kappa shape index (κ1) is 14.8. The third-order valence-electron chi connectivity index (χ3n) is 2.75. The van der Waals surface area contributed by atoms with E-state index in [9.17, 15) is 19.2 Å². The molecule has 6 nitrogen and oxygen atoms in total. The lowest BCUT2D eigenvalue weighted by molar-refractivity contribution is -0.169. The minimum atomic E-state index is -1.11. The molecule has 1 aliphatic rings. The summed E-state index contributed by atoms with van der Waals surface area (Å²) in [5.74, 6) is -2.40. The van der Waals surface area contributed by atoms with Crippen LogP contribution >= 0.6 is 15.9 Å². The van der Waals surface area contributed by atoms with Crippen LogP contribution in [0.3, 0.4) is 0 Å². The topological polar surface area (TPSA) is 74.8 Å². The minimum absolute atomic E-state index is 0.257. The van der Waals surface area contributed by atoms with Crippen molar-refractivity contribution in [3.63, 3.8) is 0 Å². The van der Waals surface area contributed by atoms with Gasteiger partial charge in [-0.25, -0.2) is 0 Å². The van der Waals surface area contributed by atoms with Crippen molar-refractivity contribution < 1.29 is 19.2 Å². The summed E-state index contributed by atoms with van der Waals surface area (Å²) >= 11 is 2.99. The maximum Gasteiger partial charge on any atom is 0.264 e. The van der Waals surface area contributed by atoms with Gasteiger partial charge in [0, 0.05) is 13.8 Å². The maximum absolute atomic E-state index is 12.2. The van der Waals surface area contributed by atoms with Crippen LogP contribution in [-0.2, 0) is 19.2 Å². The molecule has 18 heavy (non-hydrogen) atoms. The van der Waals surface area contributed by atoms with Crippen molar-refractivity contribution in [2.24, 2.45) is 5.92 Å². The Bertz CT molecular complexity index is 421. The van der Waals surface area contributed by atoms with Gasteiger partial charge in [0.15, 0.2) is 4.95 Å². The third-order valence-corrected chi connectivity index (χ3v) is 3.55. The first-order valence-corrected chi connectivity index (χ1v) is 6.43. The molecule has 0 aromatic heterocycles. The van der Waals surface area contributed by atoms with Crippen LogP contribution in [0.2, 0.25) is 0 Å². The number of imide groups is 2. The number of rotatable bonds is 1. The summed E-state index contributed by atoms with van der Waals surface area (Å²) in [4.78, 5) is 47.9. The van der Waals surface area contributed by atoms with Crippen LogP contribution in [0.1, 0.15) is 27.7 Å². The molecule has 1 heterocycles. The van der Waals surface area contributed by atoms with Gasteiger partial charge in [0.25, 0.3) is 11.8 Å². The quantitative estimate of drug-likeness (QED) is 0.521. The SMILES string of the molecule is CC(=O)N1C(=O)[C@H](C(C)C)N(C(C)=O)C(=O)[C@H]1Br. The first-order chi connectivity index (χ1) is 8.20. The molecule has 100 valence electrons. The number of carbonyl (C=O) groups is 4. The van der Waals surface area contributed by atoms with Gasteiger partial charge in [-0.15, -0.1) is 0 Å². The Balaban J connectivity index is 3.28. The van der Waals surface area contributed by atoms with Gasteiger partial charge in [-0.2, -0.15) is 0 Å². The van der Waals surface area contributed by atoms with Crippen molar-refractivity contribution in [1.29, 1.82) is 0 Å². The van der Waals surface area contributed by atoms with Crippen molar-refractivity contribution in [3.8, 4) is 0 Å². The summed E-state index contributed by atoms with van der Waals surface area (Å²) in [7, 11) is 0. The van der Waals surface area contributed by atoms with Crippen molar-refractivity contribution in [1.82, 2.24) is 9.80 Å². The number of hydrogen-bond donors (Lipinski definition) is 0. The molecule has 0 N–H and O–H groups in total. The maximum atomic E-state index is 12.2. The fourth-order valence-corrected chi connectivity index (χ4v) is 2.69. The number of hydrogen-bond acceptors (Lipinski definition) is 4. The summed E-state index contributed by atoms with van der Waals surface area (Å²) in [6, 6.07) is -0.923. The number of halogens is 1. The van der Waals surface area contributed by atoms with Crippen molar-refractivity contribution in [2.75, 3.05) is 0 Å². The van der Waals surface area contributed by atoms with E-state index in [-0.39, 0.29) is 5.92 Å². The zero-order valence-electron chi connectivity index (χ0n) is 10.6. The highest BCUT2D eigenvalue weighted by atomic mass is 79.9. The molecule has 0 bridgehead atoms. The van der Waals surface area contributed by atoms with Gasteiger partial charge < -0.3 is 0 Å². The zero-order chi connectivity index (χ0) is 14.2. The zero-order valence-corrected chi connectivity index (χ0v) is 12.2. The molecule has 0 unspecified atom stereocenters. The average molecular weight is 319 g/mol. The molecular weight excluding hydrogens is 304 g/mol. The van der Waals surface area contributed by atoms with E-state index in [0.29, 0.717) is 0 Å². The molecule has 2 atom stereocenters. The Morgan fingerprint density at radius 1 is 1.06 bits per heavy atom. The minimum Gasteiger partial charge on any atom is -0.275 e. The lowest BCUT2D eigenvalue weighted by atomic mass is 9.98. The standard InChI is InChI=1S/C11H15BrN2O4/c1-5(2)8-10(17)14(7(4)16)9(12)11(18)13(8)6(3)15/h5,8-9H,1-4H3/t8-,9-/m0/s1. The molecule has 0 aromatic carbocycles. The molecule has 1 saturated heterocycles. The van der Waals surface area contributed by atoms with E-state index in [0.717, 1.165) is 9.80 Å². The second-order valence-electron chi connectivity index (χ2n) is 4.48. The van der Waals surface area contributed by atoms with Crippen LogP contribution in [0.15, 0.2) is 0 Å². The van der Waals surface area contributed by atoms with Gasteiger partial charge in [0.05, 0.1) is 0 Å². The van der Waals surface area contributed by atoms with Crippen LogP contribution in [-0.4, -0.2) is 44.4 Å². The lowest BCUT2D eigenvalue weighted by Crippen LogP contribution is -2.66. The molecule has 1 rings (SSSR count). The second-order valence-corrected chi connectivity index (χ2v) is 5.35. The fraction of sp³-hybridized carbons (Fsp3) is 0.636. The number of carbonyl (C=O) groups excluding carboxylic acids is 4. The second kappa shape index (κ2) is 5.17. The highest BCUT2D eigenvalue weighted by Gasteiger charge is 2.49. The van der Waals surface area contributed by atoms with Gasteiger partial charge in [0.2, 0.25) is 11.8 Å². The molecule has 0 spiro atoms. The predicted octanol–water partition coefficient (Wildman–Crippen LogP) is 0.496. The molecule has 7 heteroatoms. The van der Waals surface area contributed by atoms with Crippen LogP contribution in [0.25, 0.3) is 0 Å². The summed E-state index contributed by atoms with van der Waals surface area (Å²) in [6.45, 7) is 5.88. The summed E-state index contributed by atoms with van der Waals surface area (Å²) in [6.07, 6.45) is 0. The Morgan fingerprint density at radius 3 is 1.83 bits per heavy atom. The third kappa shape index (κ3) is 2.31.